The summed E-state index contributed by atoms with van der Waals surface area (Å²) in [5.74, 6) is 0.139. The second-order valence-corrected chi connectivity index (χ2v) is 8.83. The molecule has 34 heavy (non-hydrogen) atoms. The van der Waals surface area contributed by atoms with Crippen LogP contribution in [0.3, 0.4) is 0 Å². The molecule has 0 fully saturated rings. The van der Waals surface area contributed by atoms with Crippen LogP contribution in [0.25, 0.3) is 44.3 Å². The number of ether oxygens (including phenoxy) is 1. The monoisotopic (exact) mass is 446 g/mol. The van der Waals surface area contributed by atoms with Gasteiger partial charge in [0.05, 0.1) is 34.6 Å². The Kier molecular flexibility index (Phi) is 6.05. The van der Waals surface area contributed by atoms with Crippen molar-refractivity contribution in [1.82, 2.24) is 9.97 Å². The summed E-state index contributed by atoms with van der Waals surface area (Å²) in [4.78, 5) is 22.8. The first kappa shape index (κ1) is 21.8. The fraction of sp³-hybridized carbons (Fsp3) is 0.167. The normalized spacial score (nSPS) is 11.3. The van der Waals surface area contributed by atoms with E-state index in [0.29, 0.717) is 23.8 Å². The van der Waals surface area contributed by atoms with Crippen molar-refractivity contribution in [2.45, 2.75) is 20.3 Å². The van der Waals surface area contributed by atoms with Crippen LogP contribution >= 0.6 is 0 Å². The van der Waals surface area contributed by atoms with Crippen LogP contribution < -0.4 is 0 Å². The average molecular weight is 447 g/mol. The van der Waals surface area contributed by atoms with Crippen LogP contribution in [0.15, 0.2) is 91.0 Å². The molecule has 2 heterocycles. The van der Waals surface area contributed by atoms with E-state index in [1.54, 1.807) is 0 Å². The average Bonchev–Trinajstić information content (AvgIpc) is 2.87. The maximum Gasteiger partial charge on any atom is 0.338 e. The van der Waals surface area contributed by atoms with Gasteiger partial charge in [0, 0.05) is 10.8 Å². The van der Waals surface area contributed by atoms with Gasteiger partial charge in [0.25, 0.3) is 0 Å². The summed E-state index contributed by atoms with van der Waals surface area (Å²) in [5.41, 5.74) is 5.70. The number of hydrogen-bond acceptors (Lipinski definition) is 4. The van der Waals surface area contributed by atoms with Crippen molar-refractivity contribution in [2.75, 3.05) is 6.61 Å². The maximum absolute atomic E-state index is 13.1. The lowest BCUT2D eigenvalue weighted by molar-refractivity contribution is 0.0490. The Bertz CT molecular complexity index is 1480. The fourth-order valence-electron chi connectivity index (χ4n) is 4.10. The molecule has 4 heteroatoms. The van der Waals surface area contributed by atoms with Crippen molar-refractivity contribution < 1.29 is 9.53 Å². The molecule has 0 bridgehead atoms. The highest BCUT2D eigenvalue weighted by Crippen LogP contribution is 2.33. The first-order valence-electron chi connectivity index (χ1n) is 11.6. The van der Waals surface area contributed by atoms with Crippen molar-refractivity contribution in [3.63, 3.8) is 0 Å². The molecule has 0 radical (unpaired) electrons. The van der Waals surface area contributed by atoms with E-state index in [0.717, 1.165) is 45.0 Å². The molecule has 3 aromatic carbocycles. The standard InChI is InChI=1S/C30H26N2O2/c1-20(2)16-17-34-30(33)25-19-29(32-27-15-9-7-13-23(25)27)28-18-24(21-10-4-3-5-11-21)22-12-6-8-14-26(22)31-28/h3-15,18-20H,16-17H2,1-2H3. The molecule has 0 atom stereocenters. The molecule has 0 spiro atoms. The van der Waals surface area contributed by atoms with E-state index in [1.807, 2.05) is 66.7 Å². The van der Waals surface area contributed by atoms with Gasteiger partial charge in [-0.15, -0.1) is 0 Å². The number of esters is 1. The summed E-state index contributed by atoms with van der Waals surface area (Å²) in [6.07, 6.45) is 0.828. The molecule has 0 aliphatic rings. The summed E-state index contributed by atoms with van der Waals surface area (Å²) in [6.45, 7) is 4.63. The highest BCUT2D eigenvalue weighted by molar-refractivity contribution is 6.05. The van der Waals surface area contributed by atoms with Crippen molar-refractivity contribution in [3.05, 3.63) is 96.6 Å². The molecular formula is C30H26N2O2. The summed E-state index contributed by atoms with van der Waals surface area (Å²) < 4.78 is 5.61. The molecule has 0 amide bonds. The quantitative estimate of drug-likeness (QED) is 0.256. The predicted octanol–water partition coefficient (Wildman–Crippen LogP) is 7.32. The lowest BCUT2D eigenvalue weighted by atomic mass is 9.98. The molecule has 0 unspecified atom stereocenters. The van der Waals surface area contributed by atoms with Gasteiger partial charge in [-0.2, -0.15) is 0 Å². The number of fused-ring (bicyclic) bond motifs is 2. The largest absolute Gasteiger partial charge is 0.462 e. The first-order valence-corrected chi connectivity index (χ1v) is 11.6. The van der Waals surface area contributed by atoms with Crippen LogP contribution in [0.5, 0.6) is 0 Å². The number of pyridine rings is 2. The van der Waals surface area contributed by atoms with Gasteiger partial charge in [-0.3, -0.25) is 0 Å². The van der Waals surface area contributed by atoms with Crippen LogP contribution in [0.1, 0.15) is 30.6 Å². The number of nitrogens with zero attached hydrogens (tertiary/aromatic N) is 2. The van der Waals surface area contributed by atoms with Gasteiger partial charge < -0.3 is 4.74 Å². The van der Waals surface area contributed by atoms with E-state index >= 15 is 0 Å². The number of carbonyl (C=O) groups excluding carboxylic acids is 1. The molecule has 0 saturated heterocycles. The zero-order valence-electron chi connectivity index (χ0n) is 19.4. The molecule has 0 aliphatic heterocycles. The predicted molar refractivity (Wildman–Crippen MR) is 138 cm³/mol. The SMILES string of the molecule is CC(C)CCOC(=O)c1cc(-c2cc(-c3ccccc3)c3ccccc3n2)nc2ccccc12. The summed E-state index contributed by atoms with van der Waals surface area (Å²) in [7, 11) is 0. The third-order valence-corrected chi connectivity index (χ3v) is 5.93. The minimum Gasteiger partial charge on any atom is -0.462 e. The Hall–Kier alpha value is -4.05. The molecule has 168 valence electrons. The minimum atomic E-state index is -0.329. The van der Waals surface area contributed by atoms with Crippen LogP contribution in [0, 0.1) is 5.92 Å². The van der Waals surface area contributed by atoms with E-state index in [-0.39, 0.29) is 5.97 Å². The Labute approximate surface area is 199 Å². The number of rotatable bonds is 6. The third kappa shape index (κ3) is 4.40. The summed E-state index contributed by atoms with van der Waals surface area (Å²) in [5, 5.41) is 1.86. The first-order chi connectivity index (χ1) is 16.6. The lowest BCUT2D eigenvalue weighted by Crippen LogP contribution is -2.09. The van der Waals surface area contributed by atoms with Gasteiger partial charge in [-0.1, -0.05) is 80.6 Å². The topological polar surface area (TPSA) is 52.1 Å². The van der Waals surface area contributed by atoms with Crippen molar-refractivity contribution in [2.24, 2.45) is 5.92 Å². The Morgan fingerprint density at radius 2 is 1.35 bits per heavy atom. The lowest BCUT2D eigenvalue weighted by Gasteiger charge is -2.13. The Morgan fingerprint density at radius 3 is 2.06 bits per heavy atom. The van der Waals surface area contributed by atoms with E-state index in [2.05, 4.69) is 38.1 Å². The Morgan fingerprint density at radius 1 is 0.765 bits per heavy atom. The molecule has 5 rings (SSSR count). The third-order valence-electron chi connectivity index (χ3n) is 5.93. The van der Waals surface area contributed by atoms with E-state index in [9.17, 15) is 4.79 Å². The molecule has 2 aromatic heterocycles. The molecular weight excluding hydrogens is 420 g/mol. The molecule has 0 saturated carbocycles. The van der Waals surface area contributed by atoms with Crippen LogP contribution in [0.4, 0.5) is 0 Å². The van der Waals surface area contributed by atoms with Gasteiger partial charge in [-0.25, -0.2) is 14.8 Å². The zero-order valence-corrected chi connectivity index (χ0v) is 19.4. The molecule has 4 nitrogen and oxygen atoms in total. The van der Waals surface area contributed by atoms with Gasteiger partial charge in [-0.05, 0) is 47.7 Å². The van der Waals surface area contributed by atoms with Gasteiger partial charge >= 0.3 is 5.97 Å². The maximum atomic E-state index is 13.1. The zero-order chi connectivity index (χ0) is 23.5. The molecule has 0 N–H and O–H groups in total. The van der Waals surface area contributed by atoms with Crippen molar-refractivity contribution in [3.8, 4) is 22.5 Å². The smallest absolute Gasteiger partial charge is 0.338 e. The van der Waals surface area contributed by atoms with E-state index in [1.165, 1.54) is 0 Å². The fourth-order valence-corrected chi connectivity index (χ4v) is 4.10. The second-order valence-electron chi connectivity index (χ2n) is 8.83. The Balaban J connectivity index is 1.66. The summed E-state index contributed by atoms with van der Waals surface area (Å²) in [6, 6.07) is 29.9. The number of para-hydroxylation sites is 2. The van der Waals surface area contributed by atoms with Crippen LogP contribution in [-0.4, -0.2) is 22.5 Å². The van der Waals surface area contributed by atoms with Gasteiger partial charge in [0.1, 0.15) is 0 Å². The van der Waals surface area contributed by atoms with E-state index < -0.39 is 0 Å². The van der Waals surface area contributed by atoms with E-state index in [4.69, 9.17) is 14.7 Å². The number of aromatic nitrogens is 2. The van der Waals surface area contributed by atoms with Crippen molar-refractivity contribution in [1.29, 1.82) is 0 Å². The number of hydrogen-bond donors (Lipinski definition) is 0. The highest BCUT2D eigenvalue weighted by Gasteiger charge is 2.17. The molecule has 5 aromatic rings. The minimum absolute atomic E-state index is 0.329. The number of benzene rings is 3. The van der Waals surface area contributed by atoms with Crippen molar-refractivity contribution >= 4 is 27.8 Å². The highest BCUT2D eigenvalue weighted by atomic mass is 16.5. The van der Waals surface area contributed by atoms with Crippen LogP contribution in [0.2, 0.25) is 0 Å². The summed E-state index contributed by atoms with van der Waals surface area (Å²) >= 11 is 0. The second kappa shape index (κ2) is 9.44. The van der Waals surface area contributed by atoms with Crippen LogP contribution in [-0.2, 0) is 4.74 Å². The molecule has 0 aliphatic carbocycles. The van der Waals surface area contributed by atoms with Gasteiger partial charge in [0.2, 0.25) is 0 Å². The number of carbonyl (C=O) groups is 1. The van der Waals surface area contributed by atoms with Gasteiger partial charge in [0.15, 0.2) is 0 Å².